The molecular formula is C18H35NO6. The van der Waals surface area contributed by atoms with Crippen molar-refractivity contribution >= 4 is 11.9 Å². The zero-order chi connectivity index (χ0) is 18.8. The van der Waals surface area contributed by atoms with Crippen LogP contribution in [0.3, 0.4) is 0 Å². The van der Waals surface area contributed by atoms with Crippen molar-refractivity contribution in [3.8, 4) is 0 Å². The molecule has 2 N–H and O–H groups in total. The summed E-state index contributed by atoms with van der Waals surface area (Å²) in [5.41, 5.74) is 0. The monoisotopic (exact) mass is 361 g/mol. The van der Waals surface area contributed by atoms with Gasteiger partial charge in [-0.3, -0.25) is 9.59 Å². The molecular weight excluding hydrogens is 326 g/mol. The van der Waals surface area contributed by atoms with Gasteiger partial charge in [0.1, 0.15) is 0 Å². The molecule has 148 valence electrons. The summed E-state index contributed by atoms with van der Waals surface area (Å²) in [5.74, 6) is -1.08. The number of unbranched alkanes of at least 4 members (excludes halogenated alkanes) is 5. The smallest absolute Gasteiger partial charge is 0.303 e. The molecule has 7 nitrogen and oxygen atoms in total. The van der Waals surface area contributed by atoms with Gasteiger partial charge in [0, 0.05) is 19.5 Å². The fraction of sp³-hybridized carbons (Fsp3) is 0.889. The van der Waals surface area contributed by atoms with E-state index in [9.17, 15) is 9.59 Å². The molecule has 0 atom stereocenters. The van der Waals surface area contributed by atoms with Crippen LogP contribution in [0.1, 0.15) is 58.3 Å². The molecule has 0 saturated carbocycles. The molecule has 0 fully saturated rings. The number of aliphatic carboxylic acids is 1. The lowest BCUT2D eigenvalue weighted by Crippen LogP contribution is -2.35. The summed E-state index contributed by atoms with van der Waals surface area (Å²) >= 11 is 0. The molecule has 0 aliphatic heterocycles. The van der Waals surface area contributed by atoms with Crippen molar-refractivity contribution in [3.63, 3.8) is 0 Å². The van der Waals surface area contributed by atoms with E-state index < -0.39 is 5.97 Å². The molecule has 7 heteroatoms. The van der Waals surface area contributed by atoms with Gasteiger partial charge in [0.2, 0.25) is 5.91 Å². The first-order valence-corrected chi connectivity index (χ1v) is 9.37. The number of hydrogen-bond acceptors (Lipinski definition) is 5. The van der Waals surface area contributed by atoms with Gasteiger partial charge < -0.3 is 24.6 Å². The SMILES string of the molecule is CCCCCCCCN(CCOCCOCCO)C(=O)CCC(=O)O. The molecule has 0 unspecified atom stereocenters. The van der Waals surface area contributed by atoms with Crippen molar-refractivity contribution in [1.29, 1.82) is 0 Å². The number of rotatable bonds is 18. The van der Waals surface area contributed by atoms with Crippen LogP contribution in [0.2, 0.25) is 0 Å². The highest BCUT2D eigenvalue weighted by atomic mass is 16.5. The zero-order valence-corrected chi connectivity index (χ0v) is 15.6. The lowest BCUT2D eigenvalue weighted by Gasteiger charge is -2.22. The van der Waals surface area contributed by atoms with E-state index in [1.165, 1.54) is 25.7 Å². The Kier molecular flexibility index (Phi) is 16.8. The molecule has 0 bridgehead atoms. The highest BCUT2D eigenvalue weighted by Crippen LogP contribution is 2.07. The minimum atomic E-state index is -0.954. The van der Waals surface area contributed by atoms with E-state index in [2.05, 4.69) is 6.92 Å². The van der Waals surface area contributed by atoms with Gasteiger partial charge in [-0.15, -0.1) is 0 Å². The molecule has 25 heavy (non-hydrogen) atoms. The summed E-state index contributed by atoms with van der Waals surface area (Å²) < 4.78 is 10.5. The molecule has 0 aliphatic rings. The van der Waals surface area contributed by atoms with Gasteiger partial charge in [-0.2, -0.15) is 0 Å². The number of aliphatic hydroxyl groups excluding tert-OH is 1. The summed E-state index contributed by atoms with van der Waals surface area (Å²) in [7, 11) is 0. The third-order valence-corrected chi connectivity index (χ3v) is 3.80. The topological polar surface area (TPSA) is 96.3 Å². The zero-order valence-electron chi connectivity index (χ0n) is 15.6. The van der Waals surface area contributed by atoms with Crippen LogP contribution in [-0.2, 0) is 19.1 Å². The van der Waals surface area contributed by atoms with Crippen LogP contribution in [0.25, 0.3) is 0 Å². The Labute approximate surface area is 151 Å². The highest BCUT2D eigenvalue weighted by Gasteiger charge is 2.14. The van der Waals surface area contributed by atoms with E-state index in [4.69, 9.17) is 19.7 Å². The van der Waals surface area contributed by atoms with E-state index in [1.54, 1.807) is 4.90 Å². The van der Waals surface area contributed by atoms with E-state index in [0.29, 0.717) is 39.5 Å². The molecule has 0 aliphatic carbocycles. The average Bonchev–Trinajstić information content (AvgIpc) is 2.59. The van der Waals surface area contributed by atoms with Gasteiger partial charge in [0.15, 0.2) is 0 Å². The Morgan fingerprint density at radius 1 is 0.840 bits per heavy atom. The first-order valence-electron chi connectivity index (χ1n) is 9.37. The third-order valence-electron chi connectivity index (χ3n) is 3.80. The minimum absolute atomic E-state index is 0.00981. The van der Waals surface area contributed by atoms with Crippen molar-refractivity contribution < 1.29 is 29.3 Å². The van der Waals surface area contributed by atoms with Crippen molar-refractivity contribution in [2.24, 2.45) is 0 Å². The van der Waals surface area contributed by atoms with E-state index in [0.717, 1.165) is 12.8 Å². The molecule has 0 saturated heterocycles. The predicted molar refractivity (Wildman–Crippen MR) is 95.5 cm³/mol. The molecule has 0 aromatic heterocycles. The first-order chi connectivity index (χ1) is 12.1. The average molecular weight is 361 g/mol. The second-order valence-corrected chi connectivity index (χ2v) is 5.99. The summed E-state index contributed by atoms with van der Waals surface area (Å²) in [6.45, 7) is 4.79. The summed E-state index contributed by atoms with van der Waals surface area (Å²) in [6.07, 6.45) is 6.75. The number of carboxylic acid groups (broad SMARTS) is 1. The number of ether oxygens (including phenoxy) is 2. The van der Waals surface area contributed by atoms with Crippen LogP contribution in [0, 0.1) is 0 Å². The Hall–Kier alpha value is -1.18. The van der Waals surface area contributed by atoms with Gasteiger partial charge in [-0.25, -0.2) is 0 Å². The maximum Gasteiger partial charge on any atom is 0.303 e. The highest BCUT2D eigenvalue weighted by molar-refractivity contribution is 5.80. The normalized spacial score (nSPS) is 10.8. The number of amides is 1. The van der Waals surface area contributed by atoms with E-state index in [1.807, 2.05) is 0 Å². The van der Waals surface area contributed by atoms with Crippen molar-refractivity contribution in [3.05, 3.63) is 0 Å². The Bertz CT molecular complexity index is 338. The Balaban J connectivity index is 4.02. The first kappa shape index (κ1) is 23.8. The number of aliphatic hydroxyl groups is 1. The number of hydrogen-bond donors (Lipinski definition) is 2. The van der Waals surface area contributed by atoms with Crippen LogP contribution in [0.15, 0.2) is 0 Å². The van der Waals surface area contributed by atoms with Gasteiger partial charge in [0.25, 0.3) is 0 Å². The second kappa shape index (κ2) is 17.6. The van der Waals surface area contributed by atoms with Crippen LogP contribution in [0.5, 0.6) is 0 Å². The van der Waals surface area contributed by atoms with Crippen LogP contribution in [0.4, 0.5) is 0 Å². The maximum absolute atomic E-state index is 12.2. The predicted octanol–water partition coefficient (Wildman–Crippen LogP) is 2.07. The summed E-state index contributed by atoms with van der Waals surface area (Å²) in [5, 5.41) is 17.3. The molecule has 0 heterocycles. The van der Waals surface area contributed by atoms with Gasteiger partial charge in [-0.1, -0.05) is 39.0 Å². The number of nitrogens with zero attached hydrogens (tertiary/aromatic N) is 1. The molecule has 0 rings (SSSR count). The number of carboxylic acids is 1. The van der Waals surface area contributed by atoms with Crippen LogP contribution < -0.4 is 0 Å². The number of carbonyl (C=O) groups excluding carboxylic acids is 1. The Morgan fingerprint density at radius 2 is 1.48 bits per heavy atom. The standard InChI is InChI=1S/C18H35NO6/c1-2-3-4-5-6-7-10-19(17(21)8-9-18(22)23)11-13-24-15-16-25-14-12-20/h20H,2-16H2,1H3,(H,22,23). The Morgan fingerprint density at radius 3 is 2.12 bits per heavy atom. The summed E-state index contributed by atoms with van der Waals surface area (Å²) in [4.78, 5) is 24.5. The van der Waals surface area contributed by atoms with Crippen LogP contribution >= 0.6 is 0 Å². The molecule has 0 spiro atoms. The van der Waals surface area contributed by atoms with Crippen molar-refractivity contribution in [1.82, 2.24) is 4.90 Å². The number of carbonyl (C=O) groups is 2. The van der Waals surface area contributed by atoms with E-state index >= 15 is 0 Å². The fourth-order valence-corrected chi connectivity index (χ4v) is 2.38. The van der Waals surface area contributed by atoms with E-state index in [-0.39, 0.29) is 25.4 Å². The second-order valence-electron chi connectivity index (χ2n) is 5.99. The van der Waals surface area contributed by atoms with Crippen molar-refractivity contribution in [2.45, 2.75) is 58.3 Å². The van der Waals surface area contributed by atoms with Gasteiger partial charge >= 0.3 is 5.97 Å². The minimum Gasteiger partial charge on any atom is -0.481 e. The maximum atomic E-state index is 12.2. The fourth-order valence-electron chi connectivity index (χ4n) is 2.38. The summed E-state index contributed by atoms with van der Waals surface area (Å²) in [6, 6.07) is 0. The van der Waals surface area contributed by atoms with Gasteiger partial charge in [0.05, 0.1) is 39.5 Å². The van der Waals surface area contributed by atoms with Crippen LogP contribution in [-0.4, -0.2) is 73.1 Å². The van der Waals surface area contributed by atoms with Gasteiger partial charge in [-0.05, 0) is 6.42 Å². The third kappa shape index (κ3) is 16.1. The lowest BCUT2D eigenvalue weighted by molar-refractivity contribution is -0.141. The quantitative estimate of drug-likeness (QED) is 0.363. The lowest BCUT2D eigenvalue weighted by atomic mass is 10.1. The molecule has 0 aromatic carbocycles. The molecule has 1 amide bonds. The van der Waals surface area contributed by atoms with Crippen molar-refractivity contribution in [2.75, 3.05) is 46.1 Å². The largest absolute Gasteiger partial charge is 0.481 e. The molecule has 0 aromatic rings. The molecule has 0 radical (unpaired) electrons.